The van der Waals surface area contributed by atoms with Gasteiger partial charge in [0.2, 0.25) is 5.91 Å². The van der Waals surface area contributed by atoms with Gasteiger partial charge in [0.15, 0.2) is 0 Å². The topological polar surface area (TPSA) is 43.1 Å². The summed E-state index contributed by atoms with van der Waals surface area (Å²) in [5.74, 6) is -0.481. The van der Waals surface area contributed by atoms with Crippen LogP contribution in [0, 0.1) is 0 Å². The van der Waals surface area contributed by atoms with E-state index < -0.39 is 5.91 Å². The van der Waals surface area contributed by atoms with E-state index in [0.717, 1.165) is 17.1 Å². The van der Waals surface area contributed by atoms with Gasteiger partial charge in [-0.1, -0.05) is 43.8 Å². The number of amides is 1. The Morgan fingerprint density at radius 2 is 1.79 bits per heavy atom. The van der Waals surface area contributed by atoms with Crippen molar-refractivity contribution in [3.05, 3.63) is 48.6 Å². The average molecular weight is 285 g/mol. The largest absolute Gasteiger partial charge is 1.00 e. The van der Waals surface area contributed by atoms with Gasteiger partial charge in [-0.2, -0.15) is 0 Å². The van der Waals surface area contributed by atoms with Crippen LogP contribution in [0.2, 0.25) is 0 Å². The highest BCUT2D eigenvalue weighted by molar-refractivity contribution is 5.84. The molecule has 108 valence electrons. The lowest BCUT2D eigenvalue weighted by Crippen LogP contribution is -3.00. The van der Waals surface area contributed by atoms with Crippen LogP contribution >= 0.6 is 0 Å². The van der Waals surface area contributed by atoms with Crippen molar-refractivity contribution in [3.8, 4) is 0 Å². The Morgan fingerprint density at radius 1 is 1.32 bits per heavy atom. The lowest BCUT2D eigenvalue weighted by Gasteiger charge is -2.29. The molecule has 0 heterocycles. The van der Waals surface area contributed by atoms with Gasteiger partial charge in [0.05, 0.1) is 20.6 Å². The lowest BCUT2D eigenvalue weighted by molar-refractivity contribution is -0.903. The second-order valence-electron chi connectivity index (χ2n) is 4.91. The molecule has 1 amide bonds. The molecule has 0 aliphatic rings. The van der Waals surface area contributed by atoms with Crippen LogP contribution in [-0.2, 0) is 11.3 Å². The predicted octanol–water partition coefficient (Wildman–Crippen LogP) is -0.665. The highest BCUT2D eigenvalue weighted by Crippen LogP contribution is 2.09. The van der Waals surface area contributed by atoms with Gasteiger partial charge >= 0.3 is 0 Å². The highest BCUT2D eigenvalue weighted by Gasteiger charge is 2.13. The smallest absolute Gasteiger partial charge is 0.240 e. The molecule has 0 atom stereocenters. The first kappa shape index (κ1) is 20.0. The number of carbonyl (C=O) groups is 1. The second-order valence-corrected chi connectivity index (χ2v) is 4.91. The van der Waals surface area contributed by atoms with Crippen molar-refractivity contribution in [3.63, 3.8) is 0 Å². The molecule has 0 saturated heterocycles. The first-order valence-electron chi connectivity index (χ1n) is 6.19. The lowest BCUT2D eigenvalue weighted by atomic mass is 10.2. The Bertz CT molecular complexity index is 364. The second kappa shape index (κ2) is 10.6. The molecule has 0 aliphatic carbocycles. The van der Waals surface area contributed by atoms with Gasteiger partial charge < -0.3 is 22.6 Å². The van der Waals surface area contributed by atoms with Gasteiger partial charge in [0.1, 0.15) is 6.54 Å². The Labute approximate surface area is 123 Å². The quantitative estimate of drug-likeness (QED) is 0.566. The maximum atomic E-state index is 9.47. The minimum atomic E-state index is -0.481. The first-order valence-corrected chi connectivity index (χ1v) is 6.19. The van der Waals surface area contributed by atoms with Crippen LogP contribution in [0.4, 0.5) is 0 Å². The number of primary amides is 1. The summed E-state index contributed by atoms with van der Waals surface area (Å²) in [6, 6.07) is 10.7. The molecule has 19 heavy (non-hydrogen) atoms. The summed E-state index contributed by atoms with van der Waals surface area (Å²) in [5.41, 5.74) is 5.97. The van der Waals surface area contributed by atoms with E-state index in [4.69, 9.17) is 0 Å². The number of halogens is 1. The SMILES string of the molecule is C=CC(N)=O.CCC[N+](C)(C)Cc1ccccc1.[Cl-]. The molecule has 3 nitrogen and oxygen atoms in total. The number of rotatable bonds is 5. The van der Waals surface area contributed by atoms with E-state index in [1.165, 1.54) is 18.5 Å². The summed E-state index contributed by atoms with van der Waals surface area (Å²) in [4.78, 5) is 9.47. The Kier molecular flexibility index (Phi) is 11.1. The summed E-state index contributed by atoms with van der Waals surface area (Å²) in [5, 5.41) is 0. The van der Waals surface area contributed by atoms with Crippen molar-refractivity contribution in [1.82, 2.24) is 0 Å². The van der Waals surface area contributed by atoms with Crippen molar-refractivity contribution in [1.29, 1.82) is 0 Å². The van der Waals surface area contributed by atoms with Crippen molar-refractivity contribution < 1.29 is 21.7 Å². The van der Waals surface area contributed by atoms with Crippen LogP contribution in [0.5, 0.6) is 0 Å². The number of hydrogen-bond donors (Lipinski definition) is 1. The van der Waals surface area contributed by atoms with E-state index in [1.54, 1.807) is 0 Å². The molecule has 1 aromatic carbocycles. The molecule has 0 aromatic heterocycles. The van der Waals surface area contributed by atoms with E-state index in [1.807, 2.05) is 0 Å². The third kappa shape index (κ3) is 11.5. The third-order valence-electron chi connectivity index (χ3n) is 2.48. The number of quaternary nitrogens is 1. The summed E-state index contributed by atoms with van der Waals surface area (Å²) < 4.78 is 1.08. The summed E-state index contributed by atoms with van der Waals surface area (Å²) in [6.45, 7) is 7.71. The van der Waals surface area contributed by atoms with Gasteiger partial charge in [0.25, 0.3) is 0 Å². The highest BCUT2D eigenvalue weighted by atomic mass is 35.5. The molecule has 1 rings (SSSR count). The van der Waals surface area contributed by atoms with Crippen molar-refractivity contribution in [2.24, 2.45) is 5.73 Å². The number of nitrogens with two attached hydrogens (primary N) is 1. The molecule has 4 heteroatoms. The van der Waals surface area contributed by atoms with Crippen molar-refractivity contribution in [2.45, 2.75) is 19.9 Å². The zero-order valence-corrected chi connectivity index (χ0v) is 12.9. The van der Waals surface area contributed by atoms with Crippen molar-refractivity contribution in [2.75, 3.05) is 20.6 Å². The molecule has 0 saturated carbocycles. The van der Waals surface area contributed by atoms with Crippen LogP contribution in [0.15, 0.2) is 43.0 Å². The molecule has 1 aromatic rings. The van der Waals surface area contributed by atoms with Crippen LogP contribution in [0.3, 0.4) is 0 Å². The first-order chi connectivity index (χ1) is 8.41. The van der Waals surface area contributed by atoms with Crippen LogP contribution in [0.25, 0.3) is 0 Å². The van der Waals surface area contributed by atoms with Gasteiger partial charge in [-0.15, -0.1) is 0 Å². The number of hydrogen-bond acceptors (Lipinski definition) is 1. The van der Waals surface area contributed by atoms with E-state index in [0.29, 0.717) is 0 Å². The van der Waals surface area contributed by atoms with Crippen molar-refractivity contribution >= 4 is 5.91 Å². The number of carbonyl (C=O) groups excluding carboxylic acids is 1. The summed E-state index contributed by atoms with van der Waals surface area (Å²) >= 11 is 0. The summed E-state index contributed by atoms with van der Waals surface area (Å²) in [7, 11) is 4.58. The minimum Gasteiger partial charge on any atom is -1.00 e. The normalized spacial score (nSPS) is 9.63. The molecule has 0 spiro atoms. The van der Waals surface area contributed by atoms with E-state index in [9.17, 15) is 4.79 Å². The van der Waals surface area contributed by atoms with Gasteiger partial charge in [-0.3, -0.25) is 4.79 Å². The fourth-order valence-electron chi connectivity index (χ4n) is 1.76. The molecule has 0 fully saturated rings. The minimum absolute atomic E-state index is 0. The fourth-order valence-corrected chi connectivity index (χ4v) is 1.76. The monoisotopic (exact) mass is 284 g/mol. The average Bonchev–Trinajstić information content (AvgIpc) is 2.30. The van der Waals surface area contributed by atoms with Gasteiger partial charge in [0, 0.05) is 5.56 Å². The third-order valence-corrected chi connectivity index (χ3v) is 2.48. The van der Waals surface area contributed by atoms with E-state index in [2.05, 4.69) is 63.7 Å². The van der Waals surface area contributed by atoms with E-state index in [-0.39, 0.29) is 12.4 Å². The predicted molar refractivity (Wildman–Crippen MR) is 76.8 cm³/mol. The van der Waals surface area contributed by atoms with Gasteiger partial charge in [-0.05, 0) is 12.5 Å². The molecule has 2 N–H and O–H groups in total. The zero-order valence-electron chi connectivity index (χ0n) is 12.1. The van der Waals surface area contributed by atoms with Crippen LogP contribution < -0.4 is 18.1 Å². The Balaban J connectivity index is 0. The maximum absolute atomic E-state index is 9.47. The summed E-state index contributed by atoms with van der Waals surface area (Å²) in [6.07, 6.45) is 2.31. The van der Waals surface area contributed by atoms with Gasteiger partial charge in [-0.25, -0.2) is 0 Å². The van der Waals surface area contributed by atoms with Crippen LogP contribution in [-0.4, -0.2) is 31.0 Å². The molecular weight excluding hydrogens is 260 g/mol. The fraction of sp³-hybridized carbons (Fsp3) is 0.400. The van der Waals surface area contributed by atoms with E-state index >= 15 is 0 Å². The maximum Gasteiger partial charge on any atom is 0.240 e. The molecule has 0 bridgehead atoms. The molecule has 0 unspecified atom stereocenters. The van der Waals surface area contributed by atoms with Crippen LogP contribution in [0.1, 0.15) is 18.9 Å². The molecule has 0 aliphatic heterocycles. The number of benzene rings is 1. The Hall–Kier alpha value is -1.32. The standard InChI is InChI=1S/C12H20N.C3H5NO.ClH/c1-4-10-13(2,3)11-12-8-6-5-7-9-12;1-2-3(4)5;/h5-9H,4,10-11H2,1-3H3;2H,1H2,(H2,4,5);1H/q+1;;/p-1. The Morgan fingerprint density at radius 3 is 2.16 bits per heavy atom. The zero-order chi connectivity index (χ0) is 14.0. The number of nitrogens with zero attached hydrogens (tertiary/aromatic N) is 1. The molecule has 0 radical (unpaired) electrons. The molecular formula is C15H25ClN2O.